The summed E-state index contributed by atoms with van der Waals surface area (Å²) in [5, 5.41) is -0.0941. The lowest BCUT2D eigenvalue weighted by Crippen LogP contribution is -2.34. The van der Waals surface area contributed by atoms with E-state index in [4.69, 9.17) is 21.1 Å². The Hall–Kier alpha value is -2.74. The summed E-state index contributed by atoms with van der Waals surface area (Å²) in [6.45, 7) is 2.39. The normalized spacial score (nSPS) is 22.9. The number of esters is 1. The molecular formula is C17H13ClFNO6. The highest BCUT2D eigenvalue weighted by Gasteiger charge is 2.54. The lowest BCUT2D eigenvalue weighted by atomic mass is 9.91. The lowest BCUT2D eigenvalue weighted by molar-refractivity contribution is -0.144. The highest BCUT2D eigenvalue weighted by atomic mass is 35.5. The van der Waals surface area contributed by atoms with Crippen molar-refractivity contribution in [1.82, 2.24) is 4.90 Å². The number of carbonyl (C=O) groups is 4. The summed E-state index contributed by atoms with van der Waals surface area (Å²) in [5.41, 5.74) is -1.70. The fourth-order valence-corrected chi connectivity index (χ4v) is 3.19. The maximum atomic E-state index is 13.3. The van der Waals surface area contributed by atoms with E-state index in [1.807, 2.05) is 0 Å². The number of hydrogen-bond acceptors (Lipinski definition) is 6. The zero-order valence-electron chi connectivity index (χ0n) is 13.8. The third kappa shape index (κ3) is 2.76. The van der Waals surface area contributed by atoms with Gasteiger partial charge in [0.15, 0.2) is 0 Å². The van der Waals surface area contributed by atoms with Crippen LogP contribution in [0.3, 0.4) is 0 Å². The van der Waals surface area contributed by atoms with Crippen molar-refractivity contribution in [2.75, 3.05) is 0 Å². The average Bonchev–Trinajstić information content (AvgIpc) is 2.99. The highest BCUT2D eigenvalue weighted by molar-refractivity contribution is 6.32. The largest absolute Gasteiger partial charge is 0.456 e. The number of rotatable bonds is 3. The molecule has 0 saturated carbocycles. The molecule has 136 valence electrons. The molecule has 26 heavy (non-hydrogen) atoms. The Labute approximate surface area is 152 Å². The Morgan fingerprint density at radius 2 is 1.88 bits per heavy atom. The van der Waals surface area contributed by atoms with Crippen LogP contribution in [0, 0.1) is 5.82 Å². The number of nitrogens with zero attached hydrogens (tertiary/aromatic N) is 1. The molecule has 1 aromatic rings. The molecule has 1 unspecified atom stereocenters. The van der Waals surface area contributed by atoms with Gasteiger partial charge in [0.25, 0.3) is 11.7 Å². The van der Waals surface area contributed by atoms with Gasteiger partial charge in [-0.05, 0) is 19.1 Å². The van der Waals surface area contributed by atoms with E-state index in [1.54, 1.807) is 0 Å². The van der Waals surface area contributed by atoms with Crippen LogP contribution < -0.4 is 0 Å². The molecule has 0 bridgehead atoms. The van der Waals surface area contributed by atoms with Crippen LogP contribution >= 0.6 is 11.6 Å². The van der Waals surface area contributed by atoms with E-state index in [2.05, 4.69) is 0 Å². The van der Waals surface area contributed by atoms with Crippen molar-refractivity contribution < 1.29 is 33.0 Å². The molecule has 1 atom stereocenters. The molecule has 7 nitrogen and oxygen atoms in total. The summed E-state index contributed by atoms with van der Waals surface area (Å²) < 4.78 is 23.9. The molecule has 0 spiro atoms. The fourth-order valence-electron chi connectivity index (χ4n) is 2.84. The summed E-state index contributed by atoms with van der Waals surface area (Å²) in [4.78, 5) is 49.1. The number of Topliss-reactive ketones (excluding diaryl/α,β-unsaturated/α-hetero) is 1. The molecule has 2 aliphatic heterocycles. The average molecular weight is 382 g/mol. The Balaban J connectivity index is 2.11. The number of hydrogen-bond donors (Lipinski definition) is 0. The van der Waals surface area contributed by atoms with Crippen LogP contribution in [-0.4, -0.2) is 28.5 Å². The smallest absolute Gasteiger partial charge is 0.308 e. The number of likely N-dealkylation sites (tertiary alicyclic amines) is 1. The van der Waals surface area contributed by atoms with Gasteiger partial charge in [-0.15, -0.1) is 0 Å². The van der Waals surface area contributed by atoms with E-state index >= 15 is 0 Å². The second-order valence-corrected chi connectivity index (χ2v) is 6.35. The first-order valence-electron chi connectivity index (χ1n) is 7.63. The van der Waals surface area contributed by atoms with Crippen LogP contribution in [0.2, 0.25) is 5.02 Å². The van der Waals surface area contributed by atoms with Crippen LogP contribution in [0.15, 0.2) is 29.8 Å². The van der Waals surface area contributed by atoms with E-state index in [-0.39, 0.29) is 23.4 Å². The molecule has 2 aliphatic rings. The highest BCUT2D eigenvalue weighted by Crippen LogP contribution is 2.44. The van der Waals surface area contributed by atoms with Gasteiger partial charge in [0.05, 0.1) is 5.02 Å². The van der Waals surface area contributed by atoms with Crippen molar-refractivity contribution in [3.8, 4) is 0 Å². The summed E-state index contributed by atoms with van der Waals surface area (Å²) >= 11 is 6.04. The molecule has 0 aromatic heterocycles. The molecule has 9 heteroatoms. The molecule has 1 fully saturated rings. The van der Waals surface area contributed by atoms with Gasteiger partial charge < -0.3 is 9.47 Å². The maximum absolute atomic E-state index is 13.3. The molecule has 0 aliphatic carbocycles. The minimum absolute atomic E-state index is 0.0543. The minimum atomic E-state index is -1.80. The summed E-state index contributed by atoms with van der Waals surface area (Å²) in [6.07, 6.45) is -0.109. The summed E-state index contributed by atoms with van der Waals surface area (Å²) in [6, 6.07) is 3.32. The van der Waals surface area contributed by atoms with Gasteiger partial charge in [0, 0.05) is 25.3 Å². The second-order valence-electron chi connectivity index (χ2n) is 5.94. The third-order valence-electron chi connectivity index (χ3n) is 4.08. The summed E-state index contributed by atoms with van der Waals surface area (Å²) in [5.74, 6) is -4.46. The second kappa shape index (κ2) is 6.21. The first kappa shape index (κ1) is 18.1. The Bertz CT molecular complexity index is 879. The lowest BCUT2D eigenvalue weighted by Gasteiger charge is -2.26. The van der Waals surface area contributed by atoms with Crippen LogP contribution in [0.5, 0.6) is 0 Å². The first-order valence-corrected chi connectivity index (χ1v) is 8.00. The first-order chi connectivity index (χ1) is 12.1. The number of halogens is 2. The van der Waals surface area contributed by atoms with Gasteiger partial charge in [-0.2, -0.15) is 0 Å². The van der Waals surface area contributed by atoms with Crippen molar-refractivity contribution in [3.63, 3.8) is 0 Å². The van der Waals surface area contributed by atoms with E-state index in [1.165, 1.54) is 13.0 Å². The van der Waals surface area contributed by atoms with E-state index in [0.29, 0.717) is 4.90 Å². The van der Waals surface area contributed by atoms with Crippen LogP contribution in [0.1, 0.15) is 32.3 Å². The Morgan fingerprint density at radius 1 is 1.27 bits per heavy atom. The van der Waals surface area contributed by atoms with E-state index in [0.717, 1.165) is 19.1 Å². The third-order valence-corrected chi connectivity index (χ3v) is 4.39. The van der Waals surface area contributed by atoms with Crippen molar-refractivity contribution in [2.24, 2.45) is 0 Å². The van der Waals surface area contributed by atoms with Crippen molar-refractivity contribution >= 4 is 35.2 Å². The topological polar surface area (TPSA) is 90.0 Å². The molecule has 0 N–H and O–H groups in total. The standard InChI is InChI=1S/C17H13ClFNO6/c1-8(21)25-14-15(24)17(2,10-4-3-9(19)7-11(10)18)26-16(14)20-12(22)5-6-13(20)23/h3-4,7H,5-6H2,1-2H3. The van der Waals surface area contributed by atoms with Gasteiger partial charge in [0.2, 0.25) is 23.2 Å². The van der Waals surface area contributed by atoms with Crippen LogP contribution in [0.4, 0.5) is 4.39 Å². The Morgan fingerprint density at radius 3 is 2.42 bits per heavy atom. The monoisotopic (exact) mass is 381 g/mol. The van der Waals surface area contributed by atoms with Gasteiger partial charge in [-0.25, -0.2) is 9.29 Å². The number of benzene rings is 1. The molecule has 1 aromatic carbocycles. The predicted molar refractivity (Wildman–Crippen MR) is 84.7 cm³/mol. The van der Waals surface area contributed by atoms with Gasteiger partial charge in [0.1, 0.15) is 5.82 Å². The van der Waals surface area contributed by atoms with Gasteiger partial charge in [-0.1, -0.05) is 17.7 Å². The van der Waals surface area contributed by atoms with E-state index in [9.17, 15) is 23.6 Å². The molecule has 1 saturated heterocycles. The summed E-state index contributed by atoms with van der Waals surface area (Å²) in [7, 11) is 0. The predicted octanol–water partition coefficient (Wildman–Crippen LogP) is 2.17. The number of imide groups is 1. The maximum Gasteiger partial charge on any atom is 0.308 e. The SMILES string of the molecule is CC(=O)OC1=C(N2C(=O)CCC2=O)OC(C)(c2ccc(F)cc2Cl)C1=O. The zero-order chi connectivity index (χ0) is 19.2. The molecular weight excluding hydrogens is 369 g/mol. The van der Waals surface area contributed by atoms with Gasteiger partial charge >= 0.3 is 5.97 Å². The molecule has 2 amide bonds. The number of amides is 2. The quantitative estimate of drug-likeness (QED) is 0.589. The van der Waals surface area contributed by atoms with Crippen LogP contribution in [-0.2, 0) is 34.3 Å². The molecule has 0 radical (unpaired) electrons. The zero-order valence-corrected chi connectivity index (χ0v) is 14.6. The molecule has 2 heterocycles. The Kier molecular flexibility index (Phi) is 4.31. The van der Waals surface area contributed by atoms with Crippen LogP contribution in [0.25, 0.3) is 0 Å². The fraction of sp³-hybridized carbons (Fsp3) is 0.294. The number of carbonyl (C=O) groups excluding carboxylic acids is 4. The number of ketones is 1. The number of ether oxygens (including phenoxy) is 2. The van der Waals surface area contributed by atoms with Crippen molar-refractivity contribution in [2.45, 2.75) is 32.3 Å². The molecule has 3 rings (SSSR count). The van der Waals surface area contributed by atoms with Crippen molar-refractivity contribution in [1.29, 1.82) is 0 Å². The van der Waals surface area contributed by atoms with Crippen molar-refractivity contribution in [3.05, 3.63) is 46.2 Å². The van der Waals surface area contributed by atoms with E-state index < -0.39 is 46.6 Å². The minimum Gasteiger partial charge on any atom is -0.456 e. The van der Waals surface area contributed by atoms with Gasteiger partial charge in [-0.3, -0.25) is 19.2 Å².